The maximum absolute atomic E-state index is 14.7. The third-order valence-electron chi connectivity index (χ3n) is 7.93. The van der Waals surface area contributed by atoms with Crippen LogP contribution in [0.4, 0.5) is 5.69 Å². The van der Waals surface area contributed by atoms with Crippen LogP contribution in [0.3, 0.4) is 0 Å². The number of para-hydroxylation sites is 1. The van der Waals surface area contributed by atoms with Gasteiger partial charge < -0.3 is 19.6 Å². The molecule has 38 heavy (non-hydrogen) atoms. The van der Waals surface area contributed by atoms with Crippen LogP contribution in [0.2, 0.25) is 5.02 Å². The highest BCUT2D eigenvalue weighted by Crippen LogP contribution is 2.68. The van der Waals surface area contributed by atoms with Crippen LogP contribution < -0.4 is 4.90 Å². The molecule has 3 aliphatic heterocycles. The van der Waals surface area contributed by atoms with E-state index in [4.69, 9.17) is 16.3 Å². The summed E-state index contributed by atoms with van der Waals surface area (Å²) in [7, 11) is 0. The Morgan fingerprint density at radius 3 is 2.66 bits per heavy atom. The minimum absolute atomic E-state index is 0.0454. The van der Waals surface area contributed by atoms with Crippen molar-refractivity contribution >= 4 is 62.8 Å². The topological polar surface area (TPSA) is 87.1 Å². The highest BCUT2D eigenvalue weighted by Gasteiger charge is 2.76. The van der Waals surface area contributed by atoms with Crippen LogP contribution in [-0.4, -0.2) is 74.5 Å². The molecule has 3 fully saturated rings. The summed E-state index contributed by atoms with van der Waals surface area (Å²) in [6, 6.07) is 3.91. The van der Waals surface area contributed by atoms with E-state index in [-0.39, 0.29) is 47.6 Å². The lowest BCUT2D eigenvalue weighted by Gasteiger charge is -2.41. The van der Waals surface area contributed by atoms with E-state index in [2.05, 4.69) is 29.1 Å². The molecule has 0 radical (unpaired) electrons. The van der Waals surface area contributed by atoms with Gasteiger partial charge in [0.05, 0.1) is 39.9 Å². The molecule has 3 heterocycles. The van der Waals surface area contributed by atoms with Gasteiger partial charge in [-0.2, -0.15) is 0 Å². The molecular formula is C28H34BrClN2O5S. The fourth-order valence-corrected chi connectivity index (χ4v) is 10.3. The molecule has 1 aromatic carbocycles. The van der Waals surface area contributed by atoms with Gasteiger partial charge in [0.1, 0.15) is 12.6 Å². The van der Waals surface area contributed by atoms with Crippen molar-refractivity contribution in [1.82, 2.24) is 4.90 Å². The second kappa shape index (κ2) is 11.4. The lowest BCUT2D eigenvalue weighted by Crippen LogP contribution is -2.59. The highest BCUT2D eigenvalue weighted by atomic mass is 79.9. The summed E-state index contributed by atoms with van der Waals surface area (Å²) in [5.41, 5.74) is 1.37. The lowest BCUT2D eigenvalue weighted by atomic mass is 9.71. The van der Waals surface area contributed by atoms with Gasteiger partial charge in [-0.15, -0.1) is 18.3 Å². The van der Waals surface area contributed by atoms with Crippen molar-refractivity contribution in [1.29, 1.82) is 0 Å². The van der Waals surface area contributed by atoms with Crippen LogP contribution in [0.25, 0.3) is 0 Å². The molecule has 1 spiro atoms. The molecule has 7 atom stereocenters. The number of aliphatic hydroxyl groups excluding tert-OH is 1. The zero-order chi connectivity index (χ0) is 27.9. The Bertz CT molecular complexity index is 1130. The van der Waals surface area contributed by atoms with Gasteiger partial charge in [0, 0.05) is 16.6 Å². The van der Waals surface area contributed by atoms with Gasteiger partial charge in [0.25, 0.3) is 5.91 Å². The molecule has 2 amide bonds. The number of hydrogen-bond donors (Lipinski definition) is 1. The summed E-state index contributed by atoms with van der Waals surface area (Å²) in [5.74, 6) is -2.65. The Hall–Kier alpha value is -1.81. The van der Waals surface area contributed by atoms with Gasteiger partial charge >= 0.3 is 5.97 Å². The van der Waals surface area contributed by atoms with Crippen LogP contribution >= 0.6 is 39.3 Å². The number of nitrogens with zero attached hydrogens (tertiary/aromatic N) is 2. The predicted octanol–water partition coefficient (Wildman–Crippen LogP) is 4.38. The molecule has 0 saturated carbocycles. The van der Waals surface area contributed by atoms with Crippen molar-refractivity contribution in [2.24, 2.45) is 17.8 Å². The summed E-state index contributed by atoms with van der Waals surface area (Å²) in [6.07, 6.45) is 3.65. The van der Waals surface area contributed by atoms with Crippen molar-refractivity contribution in [3.63, 3.8) is 0 Å². The van der Waals surface area contributed by atoms with E-state index >= 15 is 0 Å². The number of hydrogen-bond acceptors (Lipinski definition) is 6. The molecule has 3 aliphatic rings. The van der Waals surface area contributed by atoms with E-state index in [0.717, 1.165) is 5.56 Å². The van der Waals surface area contributed by atoms with Crippen molar-refractivity contribution in [2.45, 2.75) is 54.1 Å². The molecule has 3 saturated heterocycles. The highest BCUT2D eigenvalue weighted by molar-refractivity contribution is 9.09. The monoisotopic (exact) mass is 624 g/mol. The molecule has 1 aromatic rings. The number of amides is 2. The summed E-state index contributed by atoms with van der Waals surface area (Å²) in [5, 5.41) is 10.6. The summed E-state index contributed by atoms with van der Waals surface area (Å²) in [6.45, 7) is 13.1. The number of fused-ring (bicyclic) bond motifs is 1. The Balaban J connectivity index is 1.88. The number of likely N-dealkylation sites (tertiary alicyclic amines) is 1. The number of rotatable bonds is 10. The Kier molecular flexibility index (Phi) is 8.72. The number of aryl methyl sites for hydroxylation is 1. The van der Waals surface area contributed by atoms with E-state index in [1.807, 2.05) is 32.9 Å². The summed E-state index contributed by atoms with van der Waals surface area (Å²) < 4.78 is 4.57. The third-order valence-corrected chi connectivity index (χ3v) is 11.5. The summed E-state index contributed by atoms with van der Waals surface area (Å²) >= 11 is 11.9. The minimum Gasteiger partial charge on any atom is -0.461 e. The first-order valence-electron chi connectivity index (χ1n) is 12.8. The number of ether oxygens (including phenoxy) is 1. The zero-order valence-corrected chi connectivity index (χ0v) is 25.0. The van der Waals surface area contributed by atoms with Crippen LogP contribution in [0.5, 0.6) is 0 Å². The first kappa shape index (κ1) is 29.2. The molecule has 3 unspecified atom stereocenters. The van der Waals surface area contributed by atoms with Gasteiger partial charge in [-0.05, 0) is 30.9 Å². The molecule has 10 heteroatoms. The summed E-state index contributed by atoms with van der Waals surface area (Å²) in [4.78, 5) is 45.3. The number of esters is 1. The smallest absolute Gasteiger partial charge is 0.311 e. The quantitative estimate of drug-likeness (QED) is 0.236. The molecule has 1 N–H and O–H groups in total. The third kappa shape index (κ3) is 4.53. The normalized spacial score (nSPS) is 30.3. The lowest BCUT2D eigenvalue weighted by molar-refractivity contribution is -0.153. The van der Waals surface area contributed by atoms with Crippen molar-refractivity contribution in [2.75, 3.05) is 24.7 Å². The van der Waals surface area contributed by atoms with Crippen LogP contribution in [0.1, 0.15) is 25.8 Å². The minimum atomic E-state index is -0.914. The van der Waals surface area contributed by atoms with Crippen LogP contribution in [-0.2, 0) is 19.1 Å². The van der Waals surface area contributed by atoms with Gasteiger partial charge in [-0.25, -0.2) is 0 Å². The molecule has 7 nitrogen and oxygen atoms in total. The van der Waals surface area contributed by atoms with Gasteiger partial charge in [-0.1, -0.05) is 72.2 Å². The fraction of sp³-hybridized carbons (Fsp3) is 0.536. The van der Waals surface area contributed by atoms with Gasteiger partial charge in [0.2, 0.25) is 5.91 Å². The Labute approximate surface area is 241 Å². The molecule has 2 bridgehead atoms. The van der Waals surface area contributed by atoms with Crippen molar-refractivity contribution in [3.8, 4) is 0 Å². The van der Waals surface area contributed by atoms with E-state index in [9.17, 15) is 19.5 Å². The number of halogens is 2. The van der Waals surface area contributed by atoms with E-state index in [0.29, 0.717) is 17.1 Å². The largest absolute Gasteiger partial charge is 0.461 e. The molecular weight excluding hydrogens is 592 g/mol. The predicted molar refractivity (Wildman–Crippen MR) is 155 cm³/mol. The average molecular weight is 626 g/mol. The number of benzene rings is 1. The van der Waals surface area contributed by atoms with Crippen molar-refractivity contribution in [3.05, 3.63) is 54.1 Å². The maximum atomic E-state index is 14.7. The second-order valence-corrected chi connectivity index (χ2v) is 13.6. The van der Waals surface area contributed by atoms with Crippen molar-refractivity contribution < 1.29 is 24.2 Å². The molecule has 206 valence electrons. The van der Waals surface area contributed by atoms with E-state index in [1.165, 1.54) is 17.8 Å². The fourth-order valence-electron chi connectivity index (χ4n) is 6.36. The number of alkyl halides is 1. The number of carbonyl (C=O) groups excluding carboxylic acids is 3. The Morgan fingerprint density at radius 2 is 2.08 bits per heavy atom. The van der Waals surface area contributed by atoms with Crippen LogP contribution in [0, 0.1) is 24.7 Å². The Morgan fingerprint density at radius 1 is 1.37 bits per heavy atom. The molecule has 4 rings (SSSR count). The number of anilines is 1. The van der Waals surface area contributed by atoms with Crippen LogP contribution in [0.15, 0.2) is 43.5 Å². The number of aliphatic hydroxyl groups is 1. The number of carbonyl (C=O) groups is 3. The first-order valence-corrected chi connectivity index (χ1v) is 14.9. The van der Waals surface area contributed by atoms with Gasteiger partial charge in [0.15, 0.2) is 0 Å². The molecule has 0 aliphatic carbocycles. The average Bonchev–Trinajstić information content (AvgIpc) is 3.45. The van der Waals surface area contributed by atoms with E-state index in [1.54, 1.807) is 21.9 Å². The molecule has 0 aromatic heterocycles. The maximum Gasteiger partial charge on any atom is 0.311 e. The SMILES string of the molecule is C=CCOC(=O)[C@H]1[C@H]2C(=O)N([C@@H](CO)C(C)C)C(C(=O)N(CC=C)c3c(C)cccc3Cl)C23CC(Br)[C@@H]1S3. The standard InChI is InChI=1S/C28H34BrClN2O5S/c1-6-11-31(22-16(5)9-8-10-18(22)30)26(35)24-28-13-17(29)23(38-28)20(27(36)37-12-7-2)21(28)25(34)32(24)19(14-33)15(3)4/h6-10,15,17,19-21,23-24,33H,1-2,11-14H2,3-5H3/t17?,19-,20-,21-,23-,24?,28?/m0/s1. The van der Waals surface area contributed by atoms with Gasteiger partial charge in [-0.3, -0.25) is 14.4 Å². The second-order valence-electron chi connectivity index (χ2n) is 10.5. The zero-order valence-electron chi connectivity index (χ0n) is 21.8. The van der Waals surface area contributed by atoms with E-state index < -0.39 is 34.6 Å². The first-order chi connectivity index (χ1) is 18.0. The number of thioether (sulfide) groups is 1.